The van der Waals surface area contributed by atoms with Gasteiger partial charge < -0.3 is 4.74 Å². The molecule has 1 aromatic carbocycles. The molecule has 0 bridgehead atoms. The van der Waals surface area contributed by atoms with Crippen LogP contribution in [0.4, 0.5) is 4.39 Å². The zero-order valence-corrected chi connectivity index (χ0v) is 18.1. The fourth-order valence-corrected chi connectivity index (χ4v) is 5.83. The predicted molar refractivity (Wildman–Crippen MR) is 116 cm³/mol. The number of thiophene rings is 1. The molecule has 3 heterocycles. The summed E-state index contributed by atoms with van der Waals surface area (Å²) in [4.78, 5) is 28.5. The van der Waals surface area contributed by atoms with Gasteiger partial charge in [0, 0.05) is 18.0 Å². The van der Waals surface area contributed by atoms with Gasteiger partial charge in [-0.3, -0.25) is 14.5 Å². The van der Waals surface area contributed by atoms with Crippen LogP contribution in [-0.2, 0) is 27.3 Å². The molecule has 1 saturated heterocycles. The number of amides is 1. The lowest BCUT2D eigenvalue weighted by Crippen LogP contribution is -2.42. The van der Waals surface area contributed by atoms with E-state index in [1.165, 1.54) is 41.4 Å². The van der Waals surface area contributed by atoms with Crippen LogP contribution in [0, 0.1) is 5.82 Å². The van der Waals surface area contributed by atoms with E-state index in [-0.39, 0.29) is 17.7 Å². The summed E-state index contributed by atoms with van der Waals surface area (Å²) < 4.78 is 18.3. The van der Waals surface area contributed by atoms with Crippen LogP contribution in [0.5, 0.6) is 0 Å². The molecule has 0 aliphatic carbocycles. The van der Waals surface area contributed by atoms with Gasteiger partial charge in [-0.15, -0.1) is 23.1 Å². The van der Waals surface area contributed by atoms with E-state index in [1.54, 1.807) is 23.5 Å². The van der Waals surface area contributed by atoms with E-state index in [9.17, 15) is 14.0 Å². The van der Waals surface area contributed by atoms with Gasteiger partial charge in [0.1, 0.15) is 17.1 Å². The summed E-state index contributed by atoms with van der Waals surface area (Å²) in [5.41, 5.74) is 5.19. The SMILES string of the molecule is COC(=O)C1SCC/C1=N\NC(=O)C(c1ccc(F)cc1)N1CCc2sccc2C1. The predicted octanol–water partition coefficient (Wildman–Crippen LogP) is 3.14. The Balaban J connectivity index is 1.56. The molecule has 4 rings (SSSR count). The zero-order chi connectivity index (χ0) is 21.1. The standard InChI is InChI=1S/C21H22FN3O3S2/c1-28-21(27)19-16(8-11-30-19)23-24-20(26)18(13-2-4-15(22)5-3-13)25-9-6-17-14(12-25)7-10-29-17/h2-5,7,10,18-19H,6,8-9,11-12H2,1H3,(H,24,26)/b23-16+. The Kier molecular flexibility index (Phi) is 6.50. The normalized spacial score (nSPS) is 21.3. The highest BCUT2D eigenvalue weighted by molar-refractivity contribution is 8.01. The number of hydrazone groups is 1. The number of esters is 1. The van der Waals surface area contributed by atoms with Gasteiger partial charge in [-0.25, -0.2) is 9.82 Å². The monoisotopic (exact) mass is 447 g/mol. The van der Waals surface area contributed by atoms with E-state index in [0.717, 1.165) is 18.7 Å². The molecular weight excluding hydrogens is 425 g/mol. The average Bonchev–Trinajstić information content (AvgIpc) is 3.42. The van der Waals surface area contributed by atoms with E-state index in [4.69, 9.17) is 4.74 Å². The molecule has 1 N–H and O–H groups in total. The second-order valence-electron chi connectivity index (χ2n) is 7.15. The van der Waals surface area contributed by atoms with Crippen LogP contribution >= 0.6 is 23.1 Å². The van der Waals surface area contributed by atoms with Crippen molar-refractivity contribution < 1.29 is 18.7 Å². The summed E-state index contributed by atoms with van der Waals surface area (Å²) in [6, 6.07) is 7.48. The number of benzene rings is 1. The summed E-state index contributed by atoms with van der Waals surface area (Å²) in [6.07, 6.45) is 1.49. The summed E-state index contributed by atoms with van der Waals surface area (Å²) in [5, 5.41) is 5.85. The number of thioether (sulfide) groups is 1. The van der Waals surface area contributed by atoms with Crippen molar-refractivity contribution in [3.63, 3.8) is 0 Å². The van der Waals surface area contributed by atoms with E-state index in [2.05, 4.69) is 26.9 Å². The lowest BCUT2D eigenvalue weighted by Gasteiger charge is -2.33. The summed E-state index contributed by atoms with van der Waals surface area (Å²) in [7, 11) is 1.34. The molecule has 2 unspecified atom stereocenters. The Morgan fingerprint density at radius 3 is 2.83 bits per heavy atom. The molecule has 158 valence electrons. The number of rotatable bonds is 5. The van der Waals surface area contributed by atoms with Gasteiger partial charge in [0.2, 0.25) is 0 Å². The topological polar surface area (TPSA) is 71.0 Å². The number of ether oxygens (including phenoxy) is 1. The second kappa shape index (κ2) is 9.28. The number of hydrogen-bond donors (Lipinski definition) is 1. The minimum atomic E-state index is -0.603. The molecule has 6 nitrogen and oxygen atoms in total. The van der Waals surface area contributed by atoms with Crippen molar-refractivity contribution in [2.45, 2.75) is 30.7 Å². The Morgan fingerprint density at radius 1 is 1.27 bits per heavy atom. The summed E-state index contributed by atoms with van der Waals surface area (Å²) in [5.74, 6) is -0.251. The molecule has 2 atom stereocenters. The van der Waals surface area contributed by atoms with Crippen molar-refractivity contribution in [2.24, 2.45) is 5.10 Å². The fraction of sp³-hybridized carbons (Fsp3) is 0.381. The van der Waals surface area contributed by atoms with Gasteiger partial charge in [-0.1, -0.05) is 12.1 Å². The third kappa shape index (κ3) is 4.43. The quantitative estimate of drug-likeness (QED) is 0.563. The fourth-order valence-electron chi connectivity index (χ4n) is 3.79. The van der Waals surface area contributed by atoms with E-state index < -0.39 is 11.3 Å². The maximum absolute atomic E-state index is 13.5. The van der Waals surface area contributed by atoms with Gasteiger partial charge in [0.05, 0.1) is 12.8 Å². The van der Waals surface area contributed by atoms with Crippen molar-refractivity contribution in [3.8, 4) is 0 Å². The third-order valence-corrected chi connectivity index (χ3v) is 7.57. The summed E-state index contributed by atoms with van der Waals surface area (Å²) >= 11 is 3.19. The minimum absolute atomic E-state index is 0.298. The minimum Gasteiger partial charge on any atom is -0.468 e. The van der Waals surface area contributed by atoms with Crippen molar-refractivity contribution in [2.75, 3.05) is 19.4 Å². The molecule has 1 amide bonds. The van der Waals surface area contributed by atoms with Crippen molar-refractivity contribution in [1.82, 2.24) is 10.3 Å². The molecule has 0 saturated carbocycles. The largest absolute Gasteiger partial charge is 0.468 e. The maximum atomic E-state index is 13.5. The van der Waals surface area contributed by atoms with Gasteiger partial charge >= 0.3 is 5.97 Å². The Labute approximate surface area is 182 Å². The number of carbonyl (C=O) groups excluding carboxylic acids is 2. The number of nitrogens with one attached hydrogen (secondary N) is 1. The zero-order valence-electron chi connectivity index (χ0n) is 16.5. The van der Waals surface area contributed by atoms with Crippen LogP contribution in [0.15, 0.2) is 40.8 Å². The van der Waals surface area contributed by atoms with Crippen LogP contribution in [0.1, 0.15) is 28.5 Å². The highest BCUT2D eigenvalue weighted by Gasteiger charge is 2.33. The van der Waals surface area contributed by atoms with Gasteiger partial charge in [0.15, 0.2) is 0 Å². The van der Waals surface area contributed by atoms with Crippen molar-refractivity contribution in [3.05, 3.63) is 57.5 Å². The Morgan fingerprint density at radius 2 is 2.07 bits per heavy atom. The molecule has 1 fully saturated rings. The maximum Gasteiger partial charge on any atom is 0.324 e. The summed E-state index contributed by atoms with van der Waals surface area (Å²) in [6.45, 7) is 1.37. The molecule has 2 aromatic rings. The van der Waals surface area contributed by atoms with E-state index in [1.807, 2.05) is 0 Å². The first-order valence-corrected chi connectivity index (χ1v) is 11.6. The molecule has 9 heteroatoms. The van der Waals surface area contributed by atoms with Crippen molar-refractivity contribution >= 4 is 40.7 Å². The average molecular weight is 448 g/mol. The highest BCUT2D eigenvalue weighted by atomic mass is 32.2. The van der Waals surface area contributed by atoms with Crippen LogP contribution < -0.4 is 5.43 Å². The number of halogens is 1. The number of methoxy groups -OCH3 is 1. The first kappa shape index (κ1) is 21.0. The number of fused-ring (bicyclic) bond motifs is 1. The highest BCUT2D eigenvalue weighted by Crippen LogP contribution is 2.31. The molecule has 0 spiro atoms. The second-order valence-corrected chi connectivity index (χ2v) is 9.36. The number of hydrogen-bond acceptors (Lipinski definition) is 7. The third-order valence-electron chi connectivity index (χ3n) is 5.31. The van der Waals surface area contributed by atoms with Gasteiger partial charge in [0.25, 0.3) is 5.91 Å². The molecule has 2 aliphatic rings. The van der Waals surface area contributed by atoms with Gasteiger partial charge in [-0.05, 0) is 53.3 Å². The first-order chi connectivity index (χ1) is 14.6. The van der Waals surface area contributed by atoms with Crippen LogP contribution in [0.3, 0.4) is 0 Å². The molecular formula is C21H22FN3O3S2. The van der Waals surface area contributed by atoms with E-state index in [0.29, 0.717) is 24.2 Å². The molecule has 0 radical (unpaired) electrons. The van der Waals surface area contributed by atoms with E-state index >= 15 is 0 Å². The molecule has 1 aromatic heterocycles. The number of carbonyl (C=O) groups is 2. The lowest BCUT2D eigenvalue weighted by atomic mass is 10.0. The van der Waals surface area contributed by atoms with Crippen LogP contribution in [-0.4, -0.2) is 47.1 Å². The molecule has 30 heavy (non-hydrogen) atoms. The Hall–Kier alpha value is -2.23. The lowest BCUT2D eigenvalue weighted by molar-refractivity contribution is -0.138. The first-order valence-electron chi connectivity index (χ1n) is 9.67. The Bertz CT molecular complexity index is 961. The van der Waals surface area contributed by atoms with Gasteiger partial charge in [-0.2, -0.15) is 5.10 Å². The number of nitrogens with zero attached hydrogens (tertiary/aromatic N) is 2. The van der Waals surface area contributed by atoms with Crippen LogP contribution in [0.2, 0.25) is 0 Å². The van der Waals surface area contributed by atoms with Crippen molar-refractivity contribution in [1.29, 1.82) is 0 Å². The molecule has 2 aliphatic heterocycles. The smallest absolute Gasteiger partial charge is 0.324 e. The van der Waals surface area contributed by atoms with Crippen LogP contribution in [0.25, 0.3) is 0 Å².